The van der Waals surface area contributed by atoms with Crippen molar-refractivity contribution in [3.63, 3.8) is 0 Å². The smallest absolute Gasteiger partial charge is 0.227 e. The number of sulfone groups is 1. The zero-order chi connectivity index (χ0) is 14.1. The van der Waals surface area contributed by atoms with Crippen LogP contribution in [0.1, 0.15) is 39.5 Å². The largest absolute Gasteiger partial charge is 0.349 e. The molecule has 19 heavy (non-hydrogen) atoms. The Morgan fingerprint density at radius 1 is 1.37 bits per heavy atom. The number of rotatable bonds is 3. The van der Waals surface area contributed by atoms with Crippen molar-refractivity contribution in [2.24, 2.45) is 5.41 Å². The Labute approximate surface area is 115 Å². The summed E-state index contributed by atoms with van der Waals surface area (Å²) in [5, 5.41) is 6.30. The molecule has 2 heterocycles. The van der Waals surface area contributed by atoms with Gasteiger partial charge in [0.05, 0.1) is 22.5 Å². The molecule has 2 atom stereocenters. The molecule has 0 aromatic carbocycles. The lowest BCUT2D eigenvalue weighted by molar-refractivity contribution is -0.134. The van der Waals surface area contributed by atoms with E-state index in [1.54, 1.807) is 0 Å². The van der Waals surface area contributed by atoms with E-state index in [-0.39, 0.29) is 22.8 Å². The molecule has 0 aromatic heterocycles. The summed E-state index contributed by atoms with van der Waals surface area (Å²) in [4.78, 5) is 12.6. The van der Waals surface area contributed by atoms with Crippen molar-refractivity contribution in [2.45, 2.75) is 45.1 Å². The molecule has 5 nitrogen and oxygen atoms in total. The SMILES string of the molecule is CCC1(C(=O)NC2(C)CCS(=O)(=O)C2)CCCNC1. The number of hydrogen-bond acceptors (Lipinski definition) is 4. The van der Waals surface area contributed by atoms with Gasteiger partial charge in [-0.2, -0.15) is 0 Å². The second-order valence-electron chi connectivity index (χ2n) is 6.27. The van der Waals surface area contributed by atoms with Crippen LogP contribution in [0.4, 0.5) is 0 Å². The average Bonchev–Trinajstić information content (AvgIpc) is 2.64. The van der Waals surface area contributed by atoms with Gasteiger partial charge in [0.15, 0.2) is 9.84 Å². The van der Waals surface area contributed by atoms with E-state index in [0.29, 0.717) is 13.0 Å². The molecule has 0 saturated carbocycles. The van der Waals surface area contributed by atoms with Gasteiger partial charge in [0.2, 0.25) is 5.91 Å². The Balaban J connectivity index is 2.08. The Hall–Kier alpha value is -0.620. The summed E-state index contributed by atoms with van der Waals surface area (Å²) in [6.45, 7) is 5.52. The Morgan fingerprint density at radius 3 is 2.58 bits per heavy atom. The maximum absolute atomic E-state index is 12.6. The molecule has 0 spiro atoms. The van der Waals surface area contributed by atoms with E-state index in [2.05, 4.69) is 10.6 Å². The first-order valence-corrected chi connectivity index (χ1v) is 8.87. The van der Waals surface area contributed by atoms with E-state index in [1.165, 1.54) is 0 Å². The highest BCUT2D eigenvalue weighted by atomic mass is 32.2. The number of nitrogens with one attached hydrogen (secondary N) is 2. The van der Waals surface area contributed by atoms with E-state index in [9.17, 15) is 13.2 Å². The van der Waals surface area contributed by atoms with Crippen LogP contribution in [-0.4, -0.2) is 44.5 Å². The third kappa shape index (κ3) is 3.11. The minimum absolute atomic E-state index is 0.0156. The van der Waals surface area contributed by atoms with Gasteiger partial charge < -0.3 is 10.6 Å². The first-order valence-electron chi connectivity index (χ1n) is 7.05. The quantitative estimate of drug-likeness (QED) is 0.791. The molecule has 0 aromatic rings. The third-order valence-electron chi connectivity index (χ3n) is 4.55. The van der Waals surface area contributed by atoms with Crippen LogP contribution in [0.3, 0.4) is 0 Å². The lowest BCUT2D eigenvalue weighted by atomic mass is 9.77. The van der Waals surface area contributed by atoms with Gasteiger partial charge in [-0.15, -0.1) is 0 Å². The summed E-state index contributed by atoms with van der Waals surface area (Å²) in [6.07, 6.45) is 3.18. The van der Waals surface area contributed by atoms with Gasteiger partial charge in [0, 0.05) is 6.54 Å². The van der Waals surface area contributed by atoms with Gasteiger partial charge in [0.25, 0.3) is 0 Å². The lowest BCUT2D eigenvalue weighted by Gasteiger charge is -2.38. The normalized spacial score (nSPS) is 38.0. The summed E-state index contributed by atoms with van der Waals surface area (Å²) in [5.41, 5.74) is -0.955. The van der Waals surface area contributed by atoms with Crippen LogP contribution in [0.5, 0.6) is 0 Å². The first-order chi connectivity index (χ1) is 8.81. The van der Waals surface area contributed by atoms with Crippen molar-refractivity contribution in [1.82, 2.24) is 10.6 Å². The average molecular weight is 288 g/mol. The predicted molar refractivity (Wildman–Crippen MR) is 74.6 cm³/mol. The maximum atomic E-state index is 12.6. The standard InChI is InChI=1S/C13H24N2O3S/c1-3-13(5-4-7-14-9-13)11(16)15-12(2)6-8-19(17,18)10-12/h14H,3-10H2,1-2H3,(H,15,16). The molecule has 2 saturated heterocycles. The topological polar surface area (TPSA) is 75.3 Å². The van der Waals surface area contributed by atoms with Crippen molar-refractivity contribution in [1.29, 1.82) is 0 Å². The highest BCUT2D eigenvalue weighted by Crippen LogP contribution is 2.32. The molecule has 0 radical (unpaired) electrons. The van der Waals surface area contributed by atoms with E-state index >= 15 is 0 Å². The molecule has 6 heteroatoms. The van der Waals surface area contributed by atoms with Crippen molar-refractivity contribution >= 4 is 15.7 Å². The molecular formula is C13H24N2O3S. The fourth-order valence-corrected chi connectivity index (χ4v) is 5.23. The zero-order valence-corrected chi connectivity index (χ0v) is 12.6. The van der Waals surface area contributed by atoms with Gasteiger partial charge in [0.1, 0.15) is 0 Å². The second kappa shape index (κ2) is 5.05. The third-order valence-corrected chi connectivity index (χ3v) is 6.45. The van der Waals surface area contributed by atoms with Gasteiger partial charge in [-0.25, -0.2) is 8.42 Å². The molecule has 2 unspecified atom stereocenters. The minimum atomic E-state index is -2.99. The lowest BCUT2D eigenvalue weighted by Crippen LogP contribution is -2.56. The van der Waals surface area contributed by atoms with E-state index in [1.807, 2.05) is 13.8 Å². The summed E-state index contributed by atoms with van der Waals surface area (Å²) in [7, 11) is -2.99. The first kappa shape index (κ1) is 14.8. The number of hydrogen-bond donors (Lipinski definition) is 2. The van der Waals surface area contributed by atoms with E-state index in [0.717, 1.165) is 25.8 Å². The Bertz CT molecular complexity index is 455. The number of amides is 1. The van der Waals surface area contributed by atoms with Gasteiger partial charge >= 0.3 is 0 Å². The highest BCUT2D eigenvalue weighted by Gasteiger charge is 2.44. The fraction of sp³-hybridized carbons (Fsp3) is 0.923. The summed E-state index contributed by atoms with van der Waals surface area (Å²) >= 11 is 0. The molecular weight excluding hydrogens is 264 g/mol. The Morgan fingerprint density at radius 2 is 2.11 bits per heavy atom. The number of carbonyl (C=O) groups excluding carboxylic acids is 1. The molecule has 2 rings (SSSR count). The maximum Gasteiger partial charge on any atom is 0.227 e. The fourth-order valence-electron chi connectivity index (χ4n) is 3.14. The van der Waals surface area contributed by atoms with Crippen LogP contribution in [-0.2, 0) is 14.6 Å². The number of piperidine rings is 1. The molecule has 0 bridgehead atoms. The summed E-state index contributed by atoms with van der Waals surface area (Å²) in [6, 6.07) is 0. The predicted octanol–water partition coefficient (Wildman–Crippen LogP) is 0.460. The van der Waals surface area contributed by atoms with Crippen molar-refractivity contribution < 1.29 is 13.2 Å². The van der Waals surface area contributed by atoms with Gasteiger partial charge in [-0.3, -0.25) is 4.79 Å². The summed E-state index contributed by atoms with van der Waals surface area (Å²) < 4.78 is 23.2. The molecule has 2 N–H and O–H groups in total. The van der Waals surface area contributed by atoms with Crippen LogP contribution in [0.15, 0.2) is 0 Å². The molecule has 2 aliphatic heterocycles. The van der Waals surface area contributed by atoms with Crippen LogP contribution in [0.2, 0.25) is 0 Å². The molecule has 1 amide bonds. The zero-order valence-electron chi connectivity index (χ0n) is 11.8. The molecule has 0 aliphatic carbocycles. The Kier molecular flexibility index (Phi) is 3.93. The van der Waals surface area contributed by atoms with Crippen molar-refractivity contribution in [3.05, 3.63) is 0 Å². The van der Waals surface area contributed by atoms with E-state index < -0.39 is 15.4 Å². The van der Waals surface area contributed by atoms with Crippen molar-refractivity contribution in [3.8, 4) is 0 Å². The van der Waals surface area contributed by atoms with Crippen LogP contribution in [0, 0.1) is 5.41 Å². The van der Waals surface area contributed by atoms with Crippen LogP contribution < -0.4 is 10.6 Å². The monoisotopic (exact) mass is 288 g/mol. The van der Waals surface area contributed by atoms with E-state index in [4.69, 9.17) is 0 Å². The van der Waals surface area contributed by atoms with Gasteiger partial charge in [-0.05, 0) is 39.2 Å². The molecule has 2 aliphatic rings. The molecule has 2 fully saturated rings. The second-order valence-corrected chi connectivity index (χ2v) is 8.46. The van der Waals surface area contributed by atoms with Crippen LogP contribution >= 0.6 is 0 Å². The molecule has 110 valence electrons. The van der Waals surface area contributed by atoms with Gasteiger partial charge in [-0.1, -0.05) is 6.92 Å². The highest BCUT2D eigenvalue weighted by molar-refractivity contribution is 7.91. The van der Waals surface area contributed by atoms with Crippen molar-refractivity contribution in [2.75, 3.05) is 24.6 Å². The minimum Gasteiger partial charge on any atom is -0.349 e. The number of carbonyl (C=O) groups is 1. The summed E-state index contributed by atoms with van der Waals surface area (Å²) in [5.74, 6) is 0.266. The van der Waals surface area contributed by atoms with Crippen LogP contribution in [0.25, 0.3) is 0 Å².